The molecule has 3 heterocycles. The van der Waals surface area contributed by atoms with Gasteiger partial charge in [0.25, 0.3) is 5.91 Å². The molecule has 0 saturated carbocycles. The number of aromatic nitrogens is 2. The lowest BCUT2D eigenvalue weighted by atomic mass is 9.98. The highest BCUT2D eigenvalue weighted by molar-refractivity contribution is 5.92. The molecule has 0 bridgehead atoms. The van der Waals surface area contributed by atoms with Crippen molar-refractivity contribution in [2.24, 2.45) is 5.92 Å². The molecule has 0 radical (unpaired) electrons. The SMILES string of the molecule is O=C(c1cc2n(n1)CCCO2)N1CC[C@H](Cc2ccc(C(F)(F)F)cc2)C1. The first-order valence-electron chi connectivity index (χ1n) is 9.06. The number of aryl methyl sites for hydroxylation is 1. The van der Waals surface area contributed by atoms with Gasteiger partial charge in [0, 0.05) is 32.1 Å². The van der Waals surface area contributed by atoms with Crippen molar-refractivity contribution >= 4 is 5.91 Å². The Bertz CT molecular complexity index is 806. The Kier molecular flexibility index (Phi) is 4.57. The van der Waals surface area contributed by atoms with Gasteiger partial charge in [-0.3, -0.25) is 4.79 Å². The van der Waals surface area contributed by atoms with Crippen molar-refractivity contribution in [2.75, 3.05) is 19.7 Å². The number of ether oxygens (including phenoxy) is 1. The second-order valence-electron chi connectivity index (χ2n) is 7.10. The van der Waals surface area contributed by atoms with E-state index < -0.39 is 11.7 Å². The predicted octanol–water partition coefficient (Wildman–Crippen LogP) is 3.39. The molecule has 2 aliphatic heterocycles. The van der Waals surface area contributed by atoms with Crippen LogP contribution in [0.5, 0.6) is 5.88 Å². The molecule has 0 N–H and O–H groups in total. The van der Waals surface area contributed by atoms with Crippen LogP contribution in [0.4, 0.5) is 13.2 Å². The molecule has 2 aliphatic rings. The molecule has 4 rings (SSSR count). The van der Waals surface area contributed by atoms with Crippen molar-refractivity contribution in [1.29, 1.82) is 0 Å². The van der Waals surface area contributed by atoms with E-state index >= 15 is 0 Å². The topological polar surface area (TPSA) is 47.4 Å². The molecule has 8 heteroatoms. The van der Waals surface area contributed by atoms with E-state index in [1.165, 1.54) is 12.1 Å². The van der Waals surface area contributed by atoms with Gasteiger partial charge in [0.1, 0.15) is 0 Å². The van der Waals surface area contributed by atoms with E-state index in [0.29, 0.717) is 37.7 Å². The van der Waals surface area contributed by atoms with Crippen LogP contribution >= 0.6 is 0 Å². The average Bonchev–Trinajstić information content (AvgIpc) is 3.27. The molecule has 1 aromatic heterocycles. The molecule has 1 aromatic carbocycles. The number of hydrogen-bond acceptors (Lipinski definition) is 3. The molecular weight excluding hydrogens is 359 g/mol. The van der Waals surface area contributed by atoms with E-state index in [1.807, 2.05) is 0 Å². The number of rotatable bonds is 3. The zero-order chi connectivity index (χ0) is 19.0. The molecule has 0 spiro atoms. The Morgan fingerprint density at radius 3 is 2.70 bits per heavy atom. The normalized spacial score (nSPS) is 19.7. The fraction of sp³-hybridized carbons (Fsp3) is 0.474. The van der Waals surface area contributed by atoms with E-state index in [9.17, 15) is 18.0 Å². The van der Waals surface area contributed by atoms with Gasteiger partial charge in [0.15, 0.2) is 5.69 Å². The molecule has 1 fully saturated rings. The summed E-state index contributed by atoms with van der Waals surface area (Å²) in [4.78, 5) is 14.5. The molecule has 2 aromatic rings. The molecule has 27 heavy (non-hydrogen) atoms. The maximum Gasteiger partial charge on any atom is 0.416 e. The molecule has 0 aliphatic carbocycles. The van der Waals surface area contributed by atoms with Gasteiger partial charge in [-0.2, -0.15) is 18.3 Å². The number of benzene rings is 1. The van der Waals surface area contributed by atoms with Gasteiger partial charge in [-0.15, -0.1) is 0 Å². The third-order valence-corrected chi connectivity index (χ3v) is 5.11. The lowest BCUT2D eigenvalue weighted by Crippen LogP contribution is -2.29. The van der Waals surface area contributed by atoms with Crippen LogP contribution in [0.15, 0.2) is 30.3 Å². The minimum absolute atomic E-state index is 0.115. The standard InChI is InChI=1S/C19H20F3N3O2/c20-19(21,22)15-4-2-13(3-5-15)10-14-6-8-24(12-14)18(26)16-11-17-25(23-16)7-1-9-27-17/h2-5,11,14H,1,6-10,12H2/t14-/m1/s1. The number of amides is 1. The number of nitrogens with zero attached hydrogens (tertiary/aromatic N) is 3. The van der Waals surface area contributed by atoms with Crippen LogP contribution in [0, 0.1) is 5.92 Å². The second kappa shape index (κ2) is 6.90. The fourth-order valence-electron chi connectivity index (χ4n) is 3.68. The highest BCUT2D eigenvalue weighted by atomic mass is 19.4. The number of alkyl halides is 3. The highest BCUT2D eigenvalue weighted by Gasteiger charge is 2.31. The van der Waals surface area contributed by atoms with E-state index in [-0.39, 0.29) is 11.8 Å². The van der Waals surface area contributed by atoms with E-state index in [4.69, 9.17) is 4.74 Å². The number of carbonyl (C=O) groups is 1. The van der Waals surface area contributed by atoms with Crippen LogP contribution in [0.1, 0.15) is 34.5 Å². The summed E-state index contributed by atoms with van der Waals surface area (Å²) in [5.41, 5.74) is 0.607. The summed E-state index contributed by atoms with van der Waals surface area (Å²) < 4.78 is 45.2. The third kappa shape index (κ3) is 3.79. The number of likely N-dealkylation sites (tertiary alicyclic amines) is 1. The van der Waals surface area contributed by atoms with Gasteiger partial charge in [0.2, 0.25) is 5.88 Å². The quantitative estimate of drug-likeness (QED) is 0.821. The Morgan fingerprint density at radius 2 is 2.00 bits per heavy atom. The van der Waals surface area contributed by atoms with E-state index in [2.05, 4.69) is 5.10 Å². The molecule has 1 amide bonds. The van der Waals surface area contributed by atoms with Crippen LogP contribution in [-0.4, -0.2) is 40.3 Å². The first kappa shape index (κ1) is 17.9. The van der Waals surface area contributed by atoms with Crippen molar-refractivity contribution in [3.05, 3.63) is 47.2 Å². The lowest BCUT2D eigenvalue weighted by molar-refractivity contribution is -0.137. The number of carbonyl (C=O) groups excluding carboxylic acids is 1. The van der Waals surface area contributed by atoms with Crippen LogP contribution < -0.4 is 4.74 Å². The lowest BCUT2D eigenvalue weighted by Gasteiger charge is -2.15. The van der Waals surface area contributed by atoms with Crippen molar-refractivity contribution in [3.8, 4) is 5.88 Å². The Labute approximate surface area is 154 Å². The molecule has 5 nitrogen and oxygen atoms in total. The first-order valence-corrected chi connectivity index (χ1v) is 9.06. The van der Waals surface area contributed by atoms with Gasteiger partial charge in [-0.25, -0.2) is 4.68 Å². The van der Waals surface area contributed by atoms with Crippen molar-refractivity contribution < 1.29 is 22.7 Å². The summed E-state index contributed by atoms with van der Waals surface area (Å²) in [6.45, 7) is 2.60. The summed E-state index contributed by atoms with van der Waals surface area (Å²) in [7, 11) is 0. The Morgan fingerprint density at radius 1 is 1.22 bits per heavy atom. The molecule has 1 saturated heterocycles. The third-order valence-electron chi connectivity index (χ3n) is 5.11. The maximum absolute atomic E-state index is 12.7. The van der Waals surface area contributed by atoms with E-state index in [0.717, 1.165) is 37.1 Å². The minimum atomic E-state index is -4.32. The molecular formula is C19H20F3N3O2. The highest BCUT2D eigenvalue weighted by Crippen LogP contribution is 2.30. The maximum atomic E-state index is 12.7. The Balaban J connectivity index is 1.37. The number of fused-ring (bicyclic) bond motifs is 1. The summed E-state index contributed by atoms with van der Waals surface area (Å²) in [6, 6.07) is 6.96. The summed E-state index contributed by atoms with van der Waals surface area (Å²) in [5.74, 6) is 0.750. The monoisotopic (exact) mass is 379 g/mol. The summed E-state index contributed by atoms with van der Waals surface area (Å²) in [6.07, 6.45) is -1.95. The molecule has 0 unspecified atom stereocenters. The second-order valence-corrected chi connectivity index (χ2v) is 7.10. The smallest absolute Gasteiger partial charge is 0.416 e. The van der Waals surface area contributed by atoms with Gasteiger partial charge in [-0.1, -0.05) is 12.1 Å². The largest absolute Gasteiger partial charge is 0.478 e. The molecule has 1 atom stereocenters. The first-order chi connectivity index (χ1) is 12.9. The number of halogens is 3. The molecule has 144 valence electrons. The van der Waals surface area contributed by atoms with Crippen LogP contribution in [-0.2, 0) is 19.1 Å². The van der Waals surface area contributed by atoms with Crippen molar-refractivity contribution in [3.63, 3.8) is 0 Å². The van der Waals surface area contributed by atoms with Crippen LogP contribution in [0.2, 0.25) is 0 Å². The average molecular weight is 379 g/mol. The predicted molar refractivity (Wildman–Crippen MR) is 91.5 cm³/mol. The van der Waals surface area contributed by atoms with Gasteiger partial charge in [0.05, 0.1) is 12.2 Å². The van der Waals surface area contributed by atoms with Crippen LogP contribution in [0.25, 0.3) is 0 Å². The zero-order valence-electron chi connectivity index (χ0n) is 14.7. The van der Waals surface area contributed by atoms with Crippen molar-refractivity contribution in [2.45, 2.75) is 32.0 Å². The van der Waals surface area contributed by atoms with E-state index in [1.54, 1.807) is 15.6 Å². The van der Waals surface area contributed by atoms with Crippen molar-refractivity contribution in [1.82, 2.24) is 14.7 Å². The summed E-state index contributed by atoms with van der Waals surface area (Å²) >= 11 is 0. The van der Waals surface area contributed by atoms with Gasteiger partial charge in [-0.05, 0) is 36.5 Å². The van der Waals surface area contributed by atoms with Gasteiger partial charge >= 0.3 is 6.18 Å². The Hall–Kier alpha value is -2.51. The van der Waals surface area contributed by atoms with Crippen LogP contribution in [0.3, 0.4) is 0 Å². The minimum Gasteiger partial charge on any atom is -0.478 e. The number of hydrogen-bond donors (Lipinski definition) is 0. The fourth-order valence-corrected chi connectivity index (χ4v) is 3.68. The van der Waals surface area contributed by atoms with Gasteiger partial charge < -0.3 is 9.64 Å². The zero-order valence-corrected chi connectivity index (χ0v) is 14.7. The summed E-state index contributed by atoms with van der Waals surface area (Å²) in [5, 5.41) is 4.33.